The van der Waals surface area contributed by atoms with Crippen LogP contribution in [0.1, 0.15) is 23.7 Å². The number of methoxy groups -OCH3 is 1. The summed E-state index contributed by atoms with van der Waals surface area (Å²) in [4.78, 5) is 11.5. The Morgan fingerprint density at radius 2 is 2.00 bits per heavy atom. The molecule has 1 aromatic rings. The zero-order chi connectivity index (χ0) is 15.6. The minimum absolute atomic E-state index is 0.0659. The molecular formula is C14H20N2O4S. The fourth-order valence-corrected chi connectivity index (χ4v) is 4.35. The number of nitrogens with zero attached hydrogens (tertiary/aromatic N) is 1. The first-order valence-electron chi connectivity index (χ1n) is 6.80. The van der Waals surface area contributed by atoms with Gasteiger partial charge in [0.25, 0.3) is 0 Å². The molecule has 116 valence electrons. The Kier molecular flexibility index (Phi) is 4.65. The van der Waals surface area contributed by atoms with Gasteiger partial charge in [0.2, 0.25) is 10.0 Å². The summed E-state index contributed by atoms with van der Waals surface area (Å²) in [5, 5.41) is 0. The highest BCUT2D eigenvalue weighted by atomic mass is 32.2. The van der Waals surface area contributed by atoms with Crippen LogP contribution in [-0.2, 0) is 14.8 Å². The molecule has 2 atom stereocenters. The van der Waals surface area contributed by atoms with Gasteiger partial charge in [-0.25, -0.2) is 13.2 Å². The minimum atomic E-state index is -3.55. The molecule has 0 aromatic heterocycles. The number of nitrogens with two attached hydrogens (primary N) is 1. The van der Waals surface area contributed by atoms with Crippen LogP contribution in [0.5, 0.6) is 0 Å². The maximum absolute atomic E-state index is 12.6. The molecular weight excluding hydrogens is 292 g/mol. The summed E-state index contributed by atoms with van der Waals surface area (Å²) in [6, 6.07) is 5.72. The number of sulfonamides is 1. The van der Waals surface area contributed by atoms with Crippen molar-refractivity contribution in [1.29, 1.82) is 0 Å². The second kappa shape index (κ2) is 6.13. The molecule has 21 heavy (non-hydrogen) atoms. The highest BCUT2D eigenvalue weighted by Gasteiger charge is 2.37. The SMILES string of the molecule is COC(=O)c1ccc(S(=O)(=O)N2CC(CN)CC2C)cc1. The third-order valence-corrected chi connectivity index (χ3v) is 5.81. The number of ether oxygens (including phenoxy) is 1. The number of carbonyl (C=O) groups is 1. The van der Waals surface area contributed by atoms with E-state index in [1.807, 2.05) is 6.92 Å². The van der Waals surface area contributed by atoms with Crippen LogP contribution in [-0.4, -0.2) is 44.9 Å². The van der Waals surface area contributed by atoms with Crippen molar-refractivity contribution in [3.8, 4) is 0 Å². The quantitative estimate of drug-likeness (QED) is 0.832. The predicted octanol–water partition coefficient (Wildman–Crippen LogP) is 0.831. The van der Waals surface area contributed by atoms with Crippen LogP contribution < -0.4 is 5.73 Å². The number of hydrogen-bond acceptors (Lipinski definition) is 5. The average molecular weight is 312 g/mol. The number of benzene rings is 1. The molecule has 0 bridgehead atoms. The monoisotopic (exact) mass is 312 g/mol. The lowest BCUT2D eigenvalue weighted by Crippen LogP contribution is -2.34. The maximum Gasteiger partial charge on any atom is 0.337 e. The fourth-order valence-electron chi connectivity index (χ4n) is 2.63. The zero-order valence-electron chi connectivity index (χ0n) is 12.2. The van der Waals surface area contributed by atoms with E-state index in [9.17, 15) is 13.2 Å². The summed E-state index contributed by atoms with van der Waals surface area (Å²) >= 11 is 0. The van der Waals surface area contributed by atoms with Crippen molar-refractivity contribution in [2.24, 2.45) is 11.7 Å². The number of carbonyl (C=O) groups excluding carboxylic acids is 1. The molecule has 6 nitrogen and oxygen atoms in total. The van der Waals surface area contributed by atoms with Gasteiger partial charge in [-0.3, -0.25) is 0 Å². The fraction of sp³-hybridized carbons (Fsp3) is 0.500. The Labute approximate surface area is 124 Å². The van der Waals surface area contributed by atoms with Crippen LogP contribution in [0, 0.1) is 5.92 Å². The van der Waals surface area contributed by atoms with Gasteiger partial charge in [0.1, 0.15) is 0 Å². The van der Waals surface area contributed by atoms with Crippen molar-refractivity contribution in [3.63, 3.8) is 0 Å². The molecule has 0 amide bonds. The van der Waals surface area contributed by atoms with Crippen LogP contribution in [0.4, 0.5) is 0 Å². The number of hydrogen-bond donors (Lipinski definition) is 1. The van der Waals surface area contributed by atoms with E-state index >= 15 is 0 Å². The standard InChI is InChI=1S/C14H20N2O4S/c1-10-7-11(8-15)9-16(10)21(18,19)13-5-3-12(4-6-13)14(17)20-2/h3-6,10-11H,7-9,15H2,1-2H3. The summed E-state index contributed by atoms with van der Waals surface area (Å²) in [6.07, 6.45) is 0.774. The molecule has 1 aliphatic heterocycles. The first-order chi connectivity index (χ1) is 9.90. The van der Waals surface area contributed by atoms with Gasteiger partial charge in [-0.2, -0.15) is 4.31 Å². The highest BCUT2D eigenvalue weighted by molar-refractivity contribution is 7.89. The van der Waals surface area contributed by atoms with Gasteiger partial charge < -0.3 is 10.5 Å². The van der Waals surface area contributed by atoms with E-state index in [2.05, 4.69) is 4.74 Å². The summed E-state index contributed by atoms with van der Waals surface area (Å²) in [5.74, 6) is -0.291. The van der Waals surface area contributed by atoms with Gasteiger partial charge >= 0.3 is 5.97 Å². The highest BCUT2D eigenvalue weighted by Crippen LogP contribution is 2.29. The third-order valence-electron chi connectivity index (χ3n) is 3.82. The summed E-state index contributed by atoms with van der Waals surface area (Å²) < 4.78 is 31.3. The Morgan fingerprint density at radius 3 is 2.48 bits per heavy atom. The second-order valence-corrected chi connectivity index (χ2v) is 7.17. The zero-order valence-corrected chi connectivity index (χ0v) is 13.0. The van der Waals surface area contributed by atoms with Crippen molar-refractivity contribution >= 4 is 16.0 Å². The molecule has 0 aliphatic carbocycles. The van der Waals surface area contributed by atoms with E-state index in [1.165, 1.54) is 35.7 Å². The van der Waals surface area contributed by atoms with Gasteiger partial charge in [0.05, 0.1) is 17.6 Å². The van der Waals surface area contributed by atoms with Crippen LogP contribution in [0.25, 0.3) is 0 Å². The molecule has 1 aliphatic rings. The van der Waals surface area contributed by atoms with Gasteiger partial charge in [-0.1, -0.05) is 0 Å². The van der Waals surface area contributed by atoms with E-state index in [4.69, 9.17) is 5.73 Å². The lowest BCUT2D eigenvalue weighted by molar-refractivity contribution is 0.0600. The molecule has 2 rings (SSSR count). The van der Waals surface area contributed by atoms with Gasteiger partial charge in [-0.15, -0.1) is 0 Å². The number of esters is 1. The van der Waals surface area contributed by atoms with E-state index in [0.717, 1.165) is 6.42 Å². The van der Waals surface area contributed by atoms with Crippen LogP contribution in [0.3, 0.4) is 0 Å². The largest absolute Gasteiger partial charge is 0.465 e. The van der Waals surface area contributed by atoms with Crippen molar-refractivity contribution in [1.82, 2.24) is 4.31 Å². The Bertz CT molecular complexity index is 612. The van der Waals surface area contributed by atoms with Crippen molar-refractivity contribution in [3.05, 3.63) is 29.8 Å². The predicted molar refractivity (Wildman–Crippen MR) is 78.3 cm³/mol. The minimum Gasteiger partial charge on any atom is -0.465 e. The first-order valence-corrected chi connectivity index (χ1v) is 8.24. The van der Waals surface area contributed by atoms with E-state index in [0.29, 0.717) is 18.7 Å². The summed E-state index contributed by atoms with van der Waals surface area (Å²) in [5.41, 5.74) is 5.96. The first kappa shape index (κ1) is 15.9. The smallest absolute Gasteiger partial charge is 0.337 e. The lowest BCUT2D eigenvalue weighted by Gasteiger charge is -2.21. The van der Waals surface area contributed by atoms with E-state index in [1.54, 1.807) is 0 Å². The normalized spacial score (nSPS) is 23.2. The molecule has 2 unspecified atom stereocenters. The number of rotatable bonds is 4. The molecule has 2 N–H and O–H groups in total. The Morgan fingerprint density at radius 1 is 1.38 bits per heavy atom. The van der Waals surface area contributed by atoms with Crippen LogP contribution >= 0.6 is 0 Å². The summed E-state index contributed by atoms with van der Waals surface area (Å²) in [7, 11) is -2.27. The average Bonchev–Trinajstić information content (AvgIpc) is 2.88. The Balaban J connectivity index is 2.26. The van der Waals surface area contributed by atoms with Crippen LogP contribution in [0.15, 0.2) is 29.2 Å². The molecule has 1 saturated heterocycles. The van der Waals surface area contributed by atoms with Gasteiger partial charge in [0, 0.05) is 12.6 Å². The molecule has 0 spiro atoms. The summed E-state index contributed by atoms with van der Waals surface area (Å²) in [6.45, 7) is 2.81. The van der Waals surface area contributed by atoms with Crippen molar-refractivity contribution < 1.29 is 17.9 Å². The molecule has 1 aromatic carbocycles. The molecule has 0 saturated carbocycles. The van der Waals surface area contributed by atoms with Gasteiger partial charge in [-0.05, 0) is 50.1 Å². The van der Waals surface area contributed by atoms with Crippen molar-refractivity contribution in [2.45, 2.75) is 24.3 Å². The third kappa shape index (κ3) is 3.09. The van der Waals surface area contributed by atoms with Crippen LogP contribution in [0.2, 0.25) is 0 Å². The molecule has 0 radical (unpaired) electrons. The van der Waals surface area contributed by atoms with Crippen molar-refractivity contribution in [2.75, 3.05) is 20.2 Å². The van der Waals surface area contributed by atoms with E-state index < -0.39 is 16.0 Å². The van der Waals surface area contributed by atoms with Gasteiger partial charge in [0.15, 0.2) is 0 Å². The van der Waals surface area contributed by atoms with E-state index in [-0.39, 0.29) is 16.9 Å². The topological polar surface area (TPSA) is 89.7 Å². The molecule has 7 heteroatoms. The lowest BCUT2D eigenvalue weighted by atomic mass is 10.1. The molecule has 1 heterocycles. The Hall–Kier alpha value is -1.44. The molecule has 1 fully saturated rings. The maximum atomic E-state index is 12.6. The second-order valence-electron chi connectivity index (χ2n) is 5.28.